The van der Waals surface area contributed by atoms with Gasteiger partial charge in [0.15, 0.2) is 0 Å². The Kier molecular flexibility index (Phi) is 4.95. The van der Waals surface area contributed by atoms with Crippen LogP contribution in [0.3, 0.4) is 0 Å². The number of nitrogens with one attached hydrogen (secondary N) is 1. The molecule has 3 aromatic rings. The van der Waals surface area contributed by atoms with E-state index in [1.54, 1.807) is 17.7 Å². The van der Waals surface area contributed by atoms with Gasteiger partial charge in [-0.05, 0) is 38.7 Å². The maximum Gasteiger partial charge on any atom is 0.147 e. The molecule has 1 N–H and O–H groups in total. The van der Waals surface area contributed by atoms with Crippen molar-refractivity contribution in [3.63, 3.8) is 0 Å². The van der Waals surface area contributed by atoms with Crippen molar-refractivity contribution in [2.24, 2.45) is 0 Å². The first-order valence-electron chi connectivity index (χ1n) is 11.0. The summed E-state index contributed by atoms with van der Waals surface area (Å²) in [6, 6.07) is 0.525. The summed E-state index contributed by atoms with van der Waals surface area (Å²) >= 11 is 1.75. The molecule has 5 rings (SSSR count). The molecule has 4 heterocycles. The van der Waals surface area contributed by atoms with E-state index >= 15 is 0 Å². The number of thiophene rings is 1. The Balaban J connectivity index is 1.68. The maximum absolute atomic E-state index is 6.16. The first kappa shape index (κ1) is 19.2. The quantitative estimate of drug-likeness (QED) is 0.590. The third-order valence-corrected chi connectivity index (χ3v) is 7.43. The molecule has 1 aliphatic carbocycles. The summed E-state index contributed by atoms with van der Waals surface area (Å²) in [5, 5.41) is 4.95. The van der Waals surface area contributed by atoms with Crippen LogP contribution >= 0.6 is 11.3 Å². The van der Waals surface area contributed by atoms with Crippen molar-refractivity contribution in [2.45, 2.75) is 90.4 Å². The van der Waals surface area contributed by atoms with E-state index in [2.05, 4.69) is 31.1 Å². The Morgan fingerprint density at radius 2 is 2.00 bits per heavy atom. The predicted octanol–water partition coefficient (Wildman–Crippen LogP) is 5.79. The smallest absolute Gasteiger partial charge is 0.147 e. The fourth-order valence-corrected chi connectivity index (χ4v) is 5.99. The van der Waals surface area contributed by atoms with Crippen molar-refractivity contribution < 1.29 is 4.74 Å². The standard InChI is InChI=1S/C23H30N4OS/c1-4-8-17-16-12-28-23(2,3)11-15(16)18-19-20(29-22(18)27-17)21(25-13-24-19)26-14-9-6-5-7-10-14/h13-14H,4-12H2,1-3H3,(H,24,25,26). The summed E-state index contributed by atoms with van der Waals surface area (Å²) in [4.78, 5) is 15.6. The van der Waals surface area contributed by atoms with Gasteiger partial charge in [0.2, 0.25) is 0 Å². The zero-order valence-electron chi connectivity index (χ0n) is 17.7. The number of hydrogen-bond acceptors (Lipinski definition) is 6. The van der Waals surface area contributed by atoms with Crippen LogP contribution in [0.5, 0.6) is 0 Å². The van der Waals surface area contributed by atoms with Crippen LogP contribution in [-0.2, 0) is 24.2 Å². The lowest BCUT2D eigenvalue weighted by atomic mass is 9.88. The van der Waals surface area contributed by atoms with E-state index < -0.39 is 0 Å². The Labute approximate surface area is 176 Å². The van der Waals surface area contributed by atoms with Gasteiger partial charge in [-0.2, -0.15) is 0 Å². The Morgan fingerprint density at radius 3 is 2.79 bits per heavy atom. The Hall–Kier alpha value is -1.79. The summed E-state index contributed by atoms with van der Waals surface area (Å²) < 4.78 is 7.31. The molecule has 0 atom stereocenters. The van der Waals surface area contributed by atoms with Gasteiger partial charge in [0.05, 0.1) is 22.4 Å². The van der Waals surface area contributed by atoms with Gasteiger partial charge in [0.25, 0.3) is 0 Å². The lowest BCUT2D eigenvalue weighted by Crippen LogP contribution is -2.32. The molecule has 0 spiro atoms. The van der Waals surface area contributed by atoms with Gasteiger partial charge >= 0.3 is 0 Å². The van der Waals surface area contributed by atoms with Crippen LogP contribution in [0.2, 0.25) is 0 Å². The van der Waals surface area contributed by atoms with Crippen molar-refractivity contribution in [1.29, 1.82) is 0 Å². The topological polar surface area (TPSA) is 59.9 Å². The lowest BCUT2D eigenvalue weighted by Gasteiger charge is -2.33. The molecule has 6 heteroatoms. The third kappa shape index (κ3) is 3.50. The minimum Gasteiger partial charge on any atom is -0.370 e. The summed E-state index contributed by atoms with van der Waals surface area (Å²) in [6.07, 6.45) is 11.1. The molecule has 3 aromatic heterocycles. The van der Waals surface area contributed by atoms with E-state index in [0.29, 0.717) is 12.6 Å². The molecule has 29 heavy (non-hydrogen) atoms. The SMILES string of the molecule is CCCc1nc2sc3c(NC4CCCCC4)ncnc3c2c2c1COC(C)(C)C2. The Bertz CT molecular complexity index is 1050. The van der Waals surface area contributed by atoms with Crippen molar-refractivity contribution in [2.75, 3.05) is 5.32 Å². The highest BCUT2D eigenvalue weighted by molar-refractivity contribution is 7.26. The number of fused-ring (bicyclic) bond motifs is 5. The highest BCUT2D eigenvalue weighted by Gasteiger charge is 2.31. The summed E-state index contributed by atoms with van der Waals surface area (Å²) in [5.41, 5.74) is 4.78. The molecule has 0 amide bonds. The van der Waals surface area contributed by atoms with Gasteiger partial charge in [-0.15, -0.1) is 11.3 Å². The van der Waals surface area contributed by atoms with E-state index in [4.69, 9.17) is 14.7 Å². The second-order valence-electron chi connectivity index (χ2n) is 9.15. The van der Waals surface area contributed by atoms with Crippen LogP contribution in [0, 0.1) is 0 Å². The molecule has 1 aliphatic heterocycles. The summed E-state index contributed by atoms with van der Waals surface area (Å²) in [7, 11) is 0. The van der Waals surface area contributed by atoms with Crippen molar-refractivity contribution in [1.82, 2.24) is 15.0 Å². The fraction of sp³-hybridized carbons (Fsp3) is 0.609. The predicted molar refractivity (Wildman–Crippen MR) is 120 cm³/mol. The highest BCUT2D eigenvalue weighted by atomic mass is 32.1. The molecule has 154 valence electrons. The van der Waals surface area contributed by atoms with Gasteiger partial charge in [-0.3, -0.25) is 0 Å². The highest BCUT2D eigenvalue weighted by Crippen LogP contribution is 2.42. The van der Waals surface area contributed by atoms with Gasteiger partial charge in [0, 0.05) is 29.1 Å². The average Bonchev–Trinajstić information content (AvgIpc) is 3.08. The molecule has 1 fully saturated rings. The molecule has 0 saturated heterocycles. The number of pyridine rings is 1. The van der Waals surface area contributed by atoms with Gasteiger partial charge in [-0.1, -0.05) is 32.6 Å². The van der Waals surface area contributed by atoms with E-state index in [9.17, 15) is 0 Å². The van der Waals surface area contributed by atoms with E-state index in [1.165, 1.54) is 54.3 Å². The molecule has 1 saturated carbocycles. The van der Waals surface area contributed by atoms with Crippen LogP contribution in [-0.4, -0.2) is 26.6 Å². The molecule has 0 radical (unpaired) electrons. The van der Waals surface area contributed by atoms with Crippen molar-refractivity contribution in [3.8, 4) is 0 Å². The van der Waals surface area contributed by atoms with Crippen molar-refractivity contribution in [3.05, 3.63) is 23.1 Å². The van der Waals surface area contributed by atoms with E-state index in [-0.39, 0.29) is 5.60 Å². The number of aryl methyl sites for hydroxylation is 1. The molecule has 5 nitrogen and oxygen atoms in total. The average molecular weight is 411 g/mol. The molecule has 0 unspecified atom stereocenters. The monoisotopic (exact) mass is 410 g/mol. The molecular weight excluding hydrogens is 380 g/mol. The Morgan fingerprint density at radius 1 is 1.17 bits per heavy atom. The van der Waals surface area contributed by atoms with Crippen LogP contribution in [0.25, 0.3) is 20.4 Å². The zero-order chi connectivity index (χ0) is 20.0. The van der Waals surface area contributed by atoms with Gasteiger partial charge < -0.3 is 10.1 Å². The normalized spacial score (nSPS) is 19.6. The second kappa shape index (κ2) is 7.47. The molecule has 2 aliphatic rings. The number of aromatic nitrogens is 3. The number of rotatable bonds is 4. The summed E-state index contributed by atoms with van der Waals surface area (Å²) in [5.74, 6) is 0.988. The first-order chi connectivity index (χ1) is 14.1. The number of hydrogen-bond donors (Lipinski definition) is 1. The number of nitrogens with zero attached hydrogens (tertiary/aromatic N) is 3. The van der Waals surface area contributed by atoms with E-state index in [1.807, 2.05) is 0 Å². The molecular formula is C23H30N4OS. The van der Waals surface area contributed by atoms with Crippen LogP contribution in [0.4, 0.5) is 5.82 Å². The maximum atomic E-state index is 6.16. The number of ether oxygens (including phenoxy) is 1. The second-order valence-corrected chi connectivity index (χ2v) is 10.2. The zero-order valence-corrected chi connectivity index (χ0v) is 18.5. The van der Waals surface area contributed by atoms with Gasteiger partial charge in [0.1, 0.15) is 17.0 Å². The largest absolute Gasteiger partial charge is 0.370 e. The van der Waals surface area contributed by atoms with Crippen LogP contribution in [0.15, 0.2) is 6.33 Å². The lowest BCUT2D eigenvalue weighted by molar-refractivity contribution is -0.0401. The minimum atomic E-state index is -0.158. The minimum absolute atomic E-state index is 0.158. The molecule has 0 bridgehead atoms. The van der Waals surface area contributed by atoms with Gasteiger partial charge in [-0.25, -0.2) is 15.0 Å². The summed E-state index contributed by atoms with van der Waals surface area (Å²) in [6.45, 7) is 7.23. The number of anilines is 1. The van der Waals surface area contributed by atoms with E-state index in [0.717, 1.165) is 40.1 Å². The molecule has 0 aromatic carbocycles. The van der Waals surface area contributed by atoms with Crippen molar-refractivity contribution >= 4 is 37.6 Å². The third-order valence-electron chi connectivity index (χ3n) is 6.35. The fourth-order valence-electron chi connectivity index (χ4n) is 4.86. The van der Waals surface area contributed by atoms with Crippen LogP contribution < -0.4 is 5.32 Å². The first-order valence-corrected chi connectivity index (χ1v) is 11.9. The van der Waals surface area contributed by atoms with Crippen LogP contribution in [0.1, 0.15) is 76.1 Å².